The molecule has 1 heterocycles. The molecule has 2 aromatic rings. The van der Waals surface area contributed by atoms with Crippen molar-refractivity contribution in [1.29, 1.82) is 0 Å². The van der Waals surface area contributed by atoms with Crippen LogP contribution in [-0.4, -0.2) is 78.0 Å². The van der Waals surface area contributed by atoms with Crippen LogP contribution in [0.15, 0.2) is 16.9 Å². The summed E-state index contributed by atoms with van der Waals surface area (Å²) in [4.78, 5) is 42.1. The second-order valence-corrected chi connectivity index (χ2v) is 8.77. The molecular weight excluding hydrogens is 448 g/mol. The minimum absolute atomic E-state index is 0.294. The minimum Gasteiger partial charge on any atom is -0.394 e. The number of benzene rings is 1. The Bertz CT molecular complexity index is 1130. The lowest BCUT2D eigenvalue weighted by Crippen LogP contribution is -2.44. The smallest absolute Gasteiger partial charge is 0.282 e. The Hall–Kier alpha value is -2.90. The first kappa shape index (κ1) is 25.7. The van der Waals surface area contributed by atoms with Crippen molar-refractivity contribution in [3.63, 3.8) is 0 Å². The Morgan fingerprint density at radius 1 is 1.15 bits per heavy atom. The molecule has 0 bridgehead atoms. The van der Waals surface area contributed by atoms with Gasteiger partial charge in [-0.2, -0.15) is 0 Å². The molecule has 0 saturated heterocycles. The predicted octanol–water partition coefficient (Wildman–Crippen LogP) is -1.51. The summed E-state index contributed by atoms with van der Waals surface area (Å²) in [5, 5.41) is 50.6. The van der Waals surface area contributed by atoms with Crippen molar-refractivity contribution in [2.45, 2.75) is 64.0 Å². The van der Waals surface area contributed by atoms with Crippen LogP contribution in [-0.2, 0) is 11.3 Å². The van der Waals surface area contributed by atoms with Gasteiger partial charge in [0.15, 0.2) is 5.69 Å². The van der Waals surface area contributed by atoms with Gasteiger partial charge in [0, 0.05) is 12.0 Å². The fourth-order valence-corrected chi connectivity index (χ4v) is 4.18. The predicted molar refractivity (Wildman–Crippen MR) is 119 cm³/mol. The first-order chi connectivity index (χ1) is 16.1. The maximum atomic E-state index is 13.2. The van der Waals surface area contributed by atoms with Crippen LogP contribution >= 0.6 is 0 Å². The van der Waals surface area contributed by atoms with Gasteiger partial charge in [0.25, 0.3) is 11.5 Å². The van der Waals surface area contributed by atoms with Gasteiger partial charge < -0.3 is 30.3 Å². The normalized spacial score (nSPS) is 20.7. The molecule has 5 atom stereocenters. The van der Waals surface area contributed by atoms with Gasteiger partial charge in [-0.25, -0.2) is 10.5 Å². The highest BCUT2D eigenvalue weighted by Gasteiger charge is 2.32. The molecule has 1 saturated carbocycles. The monoisotopic (exact) mass is 478 g/mol. The summed E-state index contributed by atoms with van der Waals surface area (Å²) in [6.45, 7) is 2.42. The third-order valence-corrected chi connectivity index (χ3v) is 6.37. The lowest BCUT2D eigenvalue weighted by atomic mass is 10.1. The number of amides is 2. The molecule has 0 spiro atoms. The summed E-state index contributed by atoms with van der Waals surface area (Å²) >= 11 is 0. The van der Waals surface area contributed by atoms with E-state index in [-0.39, 0.29) is 0 Å². The van der Waals surface area contributed by atoms with Crippen LogP contribution in [0, 0.1) is 19.8 Å². The van der Waals surface area contributed by atoms with E-state index in [1.807, 2.05) is 13.8 Å². The molecule has 1 aliphatic rings. The summed E-state index contributed by atoms with van der Waals surface area (Å²) < 4.78 is 1.11. The van der Waals surface area contributed by atoms with Crippen molar-refractivity contribution in [3.05, 3.63) is 39.3 Å². The maximum Gasteiger partial charge on any atom is 0.282 e. The van der Waals surface area contributed by atoms with Crippen molar-refractivity contribution < 1.29 is 35.2 Å². The van der Waals surface area contributed by atoms with Crippen LogP contribution in [0.3, 0.4) is 0 Å². The number of fused-ring (bicyclic) bond motifs is 1. The van der Waals surface area contributed by atoms with E-state index in [4.69, 9.17) is 10.3 Å². The molecule has 0 aliphatic heterocycles. The number of nitrogens with zero attached hydrogens (tertiary/aromatic N) is 2. The molecule has 3 rings (SSSR count). The van der Waals surface area contributed by atoms with Crippen LogP contribution in [0.1, 0.15) is 40.9 Å². The van der Waals surface area contributed by atoms with E-state index in [1.165, 1.54) is 0 Å². The van der Waals surface area contributed by atoms with Gasteiger partial charge in [-0.3, -0.25) is 19.6 Å². The molecular formula is C22H30N4O8. The van der Waals surface area contributed by atoms with E-state index in [9.17, 15) is 29.7 Å². The van der Waals surface area contributed by atoms with Gasteiger partial charge in [0.1, 0.15) is 18.3 Å². The van der Waals surface area contributed by atoms with E-state index in [0.29, 0.717) is 30.3 Å². The summed E-state index contributed by atoms with van der Waals surface area (Å²) in [6.07, 6.45) is -3.72. The number of hydroxylamine groups is 1. The largest absolute Gasteiger partial charge is 0.394 e. The van der Waals surface area contributed by atoms with Gasteiger partial charge in [0.05, 0.1) is 24.2 Å². The molecule has 2 amide bonds. The summed E-state index contributed by atoms with van der Waals surface area (Å²) in [5.74, 6) is -1.75. The van der Waals surface area contributed by atoms with Crippen LogP contribution in [0.2, 0.25) is 0 Å². The van der Waals surface area contributed by atoms with Crippen LogP contribution in [0.4, 0.5) is 0 Å². The zero-order chi connectivity index (χ0) is 25.2. The number of carbonyl (C=O) groups excluding carboxylic acids is 2. The summed E-state index contributed by atoms with van der Waals surface area (Å²) in [6, 6.07) is 2.98. The molecule has 34 heavy (non-hydrogen) atoms. The van der Waals surface area contributed by atoms with Crippen LogP contribution < -0.4 is 16.4 Å². The Labute approximate surface area is 194 Å². The van der Waals surface area contributed by atoms with Gasteiger partial charge in [-0.05, 0) is 56.4 Å². The minimum atomic E-state index is -1.72. The van der Waals surface area contributed by atoms with E-state index in [1.54, 1.807) is 17.6 Å². The molecule has 5 unspecified atom stereocenters. The van der Waals surface area contributed by atoms with Gasteiger partial charge >= 0.3 is 0 Å². The molecule has 1 aromatic carbocycles. The van der Waals surface area contributed by atoms with E-state index >= 15 is 0 Å². The third kappa shape index (κ3) is 5.26. The highest BCUT2D eigenvalue weighted by molar-refractivity contribution is 5.94. The molecule has 12 nitrogen and oxygen atoms in total. The van der Waals surface area contributed by atoms with Crippen molar-refractivity contribution in [3.8, 4) is 0 Å². The molecule has 186 valence electrons. The SMILES string of the molecule is Cc1cc2nc(C(=O)NC3CCC(C(=O)NO)C3)c(=O)n(CC(O)C(O)C(O)CO)c2cc1C. The number of aliphatic hydroxyl groups excluding tert-OH is 4. The molecule has 1 aromatic heterocycles. The Balaban J connectivity index is 1.97. The average Bonchev–Trinajstić information content (AvgIpc) is 3.28. The first-order valence-corrected chi connectivity index (χ1v) is 11.0. The Morgan fingerprint density at radius 3 is 2.47 bits per heavy atom. The van der Waals surface area contributed by atoms with Crippen LogP contribution in [0.25, 0.3) is 11.0 Å². The Kier molecular flexibility index (Phi) is 8.00. The molecule has 0 radical (unpaired) electrons. The summed E-state index contributed by atoms with van der Waals surface area (Å²) in [5.41, 5.74) is 2.73. The number of rotatable bonds is 8. The first-order valence-electron chi connectivity index (χ1n) is 11.0. The third-order valence-electron chi connectivity index (χ3n) is 6.37. The van der Waals surface area contributed by atoms with Gasteiger partial charge in [-0.1, -0.05) is 0 Å². The Morgan fingerprint density at radius 2 is 1.82 bits per heavy atom. The molecule has 7 N–H and O–H groups in total. The zero-order valence-electron chi connectivity index (χ0n) is 18.9. The van der Waals surface area contributed by atoms with Crippen molar-refractivity contribution in [2.24, 2.45) is 5.92 Å². The number of hydrogen-bond donors (Lipinski definition) is 7. The van der Waals surface area contributed by atoms with Crippen molar-refractivity contribution >= 4 is 22.8 Å². The van der Waals surface area contributed by atoms with E-state index in [0.717, 1.165) is 15.7 Å². The second-order valence-electron chi connectivity index (χ2n) is 8.77. The average molecular weight is 479 g/mol. The van der Waals surface area contributed by atoms with Crippen molar-refractivity contribution in [1.82, 2.24) is 20.3 Å². The maximum absolute atomic E-state index is 13.2. The van der Waals surface area contributed by atoms with E-state index < -0.39 is 66.5 Å². The molecule has 12 heteroatoms. The fraction of sp³-hybridized carbons (Fsp3) is 0.545. The number of nitrogens with one attached hydrogen (secondary N) is 2. The van der Waals surface area contributed by atoms with E-state index in [2.05, 4.69) is 10.3 Å². The van der Waals surface area contributed by atoms with Crippen LogP contribution in [0.5, 0.6) is 0 Å². The number of aliphatic hydroxyl groups is 4. The fourth-order valence-electron chi connectivity index (χ4n) is 4.18. The zero-order valence-corrected chi connectivity index (χ0v) is 18.9. The number of aryl methyl sites for hydroxylation is 2. The van der Waals surface area contributed by atoms with Crippen molar-refractivity contribution in [2.75, 3.05) is 6.61 Å². The number of aromatic nitrogens is 2. The van der Waals surface area contributed by atoms with Gasteiger partial charge in [0.2, 0.25) is 5.91 Å². The standard InChI is InChI=1S/C22H30N4O8/c1-10-5-14-15(6-11(10)2)26(8-16(28)19(30)17(29)9-27)22(33)18(24-14)21(32)23-13-4-3-12(7-13)20(31)25-34/h5-6,12-13,16-17,19,27-30,34H,3-4,7-9H2,1-2H3,(H,23,32)(H,25,31). The number of carbonyl (C=O) groups is 2. The lowest BCUT2D eigenvalue weighted by Gasteiger charge is -2.23. The number of hydrogen-bond acceptors (Lipinski definition) is 9. The quantitative estimate of drug-likeness (QED) is 0.174. The lowest BCUT2D eigenvalue weighted by molar-refractivity contribution is -0.133. The highest BCUT2D eigenvalue weighted by atomic mass is 16.5. The topological polar surface area (TPSA) is 194 Å². The highest BCUT2D eigenvalue weighted by Crippen LogP contribution is 2.26. The summed E-state index contributed by atoms with van der Waals surface area (Å²) in [7, 11) is 0. The molecule has 1 fully saturated rings. The van der Waals surface area contributed by atoms with Gasteiger partial charge in [-0.15, -0.1) is 0 Å². The second kappa shape index (κ2) is 10.6. The molecule has 1 aliphatic carbocycles.